The summed E-state index contributed by atoms with van der Waals surface area (Å²) in [5.41, 5.74) is 3.63. The molecule has 0 N–H and O–H groups in total. The van der Waals surface area contributed by atoms with Crippen LogP contribution in [-0.2, 0) is 4.74 Å². The zero-order valence-corrected chi connectivity index (χ0v) is 26.7. The number of carbonyl (C=O) groups excluding carboxylic acids is 2. The summed E-state index contributed by atoms with van der Waals surface area (Å²) < 4.78 is 6.62. The number of hydrogen-bond donors (Lipinski definition) is 0. The SMILES string of the molecule is C[N+](C)(CCCCCCN1CCC(OC([O-])=Nc2ccccc2-c2ccccc2)CC1)CCCN1C(=O)c2ccccc2C1=O. The predicted octanol–water partition coefficient (Wildman–Crippen LogP) is 5.51. The molecule has 5 rings (SSSR count). The predicted molar refractivity (Wildman–Crippen MR) is 176 cm³/mol. The smallest absolute Gasteiger partial charge is 0.261 e. The van der Waals surface area contributed by atoms with Crippen LogP contribution in [0.1, 0.15) is 65.7 Å². The highest BCUT2D eigenvalue weighted by Gasteiger charge is 2.35. The lowest BCUT2D eigenvalue weighted by atomic mass is 10.0. The number of aliphatic imine (C=N–C) groups is 1. The van der Waals surface area contributed by atoms with Gasteiger partial charge < -0.3 is 19.2 Å². The lowest BCUT2D eigenvalue weighted by molar-refractivity contribution is -0.890. The molecule has 2 aliphatic heterocycles. The third-order valence-electron chi connectivity index (χ3n) is 9.01. The molecule has 0 atom stereocenters. The Morgan fingerprint density at radius 2 is 1.33 bits per heavy atom. The van der Waals surface area contributed by atoms with Gasteiger partial charge in [0.1, 0.15) is 0 Å². The van der Waals surface area contributed by atoms with Crippen LogP contribution in [0.15, 0.2) is 83.9 Å². The second kappa shape index (κ2) is 15.3. The third-order valence-corrected chi connectivity index (χ3v) is 9.01. The molecule has 238 valence electrons. The minimum Gasteiger partial charge on any atom is -0.597 e. The molecule has 0 spiro atoms. The molecular formula is C37H46N4O4. The van der Waals surface area contributed by atoms with Crippen molar-refractivity contribution in [1.82, 2.24) is 9.80 Å². The monoisotopic (exact) mass is 610 g/mol. The second-order valence-corrected chi connectivity index (χ2v) is 12.9. The van der Waals surface area contributed by atoms with Gasteiger partial charge in [-0.25, -0.2) is 4.99 Å². The Morgan fingerprint density at radius 3 is 2.02 bits per heavy atom. The fourth-order valence-corrected chi connectivity index (χ4v) is 6.39. The first-order valence-electron chi connectivity index (χ1n) is 16.4. The number of unbranched alkanes of at least 4 members (excludes halogenated alkanes) is 3. The second-order valence-electron chi connectivity index (χ2n) is 12.9. The molecule has 3 aromatic carbocycles. The summed E-state index contributed by atoms with van der Waals surface area (Å²) in [6.45, 7) is 5.44. The highest BCUT2D eigenvalue weighted by atomic mass is 16.6. The fourth-order valence-electron chi connectivity index (χ4n) is 6.39. The molecule has 2 heterocycles. The van der Waals surface area contributed by atoms with Crippen LogP contribution in [0.25, 0.3) is 11.1 Å². The topological polar surface area (TPSA) is 85.3 Å². The van der Waals surface area contributed by atoms with Crippen LogP contribution >= 0.6 is 0 Å². The number of amides is 2. The van der Waals surface area contributed by atoms with E-state index in [4.69, 9.17) is 4.74 Å². The molecule has 0 unspecified atom stereocenters. The molecule has 0 radical (unpaired) electrons. The van der Waals surface area contributed by atoms with E-state index in [0.717, 1.165) is 74.0 Å². The number of piperidine rings is 1. The maximum Gasteiger partial charge on any atom is 0.261 e. The van der Waals surface area contributed by atoms with Crippen molar-refractivity contribution in [3.63, 3.8) is 0 Å². The van der Waals surface area contributed by atoms with Crippen LogP contribution in [0.2, 0.25) is 0 Å². The molecule has 1 saturated heterocycles. The number of imide groups is 1. The quantitative estimate of drug-likeness (QED) is 0.0791. The van der Waals surface area contributed by atoms with E-state index in [1.165, 1.54) is 24.2 Å². The van der Waals surface area contributed by atoms with E-state index >= 15 is 0 Å². The normalized spacial score (nSPS) is 16.3. The van der Waals surface area contributed by atoms with E-state index in [-0.39, 0.29) is 17.9 Å². The van der Waals surface area contributed by atoms with E-state index in [2.05, 4.69) is 24.0 Å². The largest absolute Gasteiger partial charge is 0.597 e. The van der Waals surface area contributed by atoms with Crippen molar-refractivity contribution in [2.24, 2.45) is 4.99 Å². The molecule has 0 saturated carbocycles. The zero-order valence-electron chi connectivity index (χ0n) is 26.7. The van der Waals surface area contributed by atoms with Crippen LogP contribution in [0.3, 0.4) is 0 Å². The van der Waals surface area contributed by atoms with Gasteiger partial charge in [0.15, 0.2) is 6.08 Å². The van der Waals surface area contributed by atoms with Gasteiger partial charge in [-0.05, 0) is 75.5 Å². The minimum absolute atomic E-state index is 0.0848. The van der Waals surface area contributed by atoms with Gasteiger partial charge in [0.2, 0.25) is 0 Å². The summed E-state index contributed by atoms with van der Waals surface area (Å²) in [6.07, 6.45) is 6.61. The molecule has 1 fully saturated rings. The number of benzene rings is 3. The highest BCUT2D eigenvalue weighted by Crippen LogP contribution is 2.30. The lowest BCUT2D eigenvalue weighted by Crippen LogP contribution is -2.43. The first kappa shape index (κ1) is 32.4. The van der Waals surface area contributed by atoms with Crippen LogP contribution in [0, 0.1) is 0 Å². The van der Waals surface area contributed by atoms with Crippen molar-refractivity contribution in [2.75, 3.05) is 53.4 Å². The van der Waals surface area contributed by atoms with Crippen molar-refractivity contribution in [1.29, 1.82) is 0 Å². The molecular weight excluding hydrogens is 564 g/mol. The fraction of sp³-hybridized carbons (Fsp3) is 0.432. The summed E-state index contributed by atoms with van der Waals surface area (Å²) in [6, 6.07) is 24.7. The van der Waals surface area contributed by atoms with Gasteiger partial charge in [0.25, 0.3) is 11.8 Å². The number of carbonyl (C=O) groups is 2. The molecule has 0 bridgehead atoms. The van der Waals surface area contributed by atoms with Gasteiger partial charge in [-0.1, -0.05) is 67.1 Å². The first-order valence-corrected chi connectivity index (χ1v) is 16.4. The molecule has 0 aliphatic carbocycles. The number of para-hydroxylation sites is 1. The van der Waals surface area contributed by atoms with Crippen molar-refractivity contribution >= 4 is 23.6 Å². The average molecular weight is 611 g/mol. The first-order chi connectivity index (χ1) is 21.8. The van der Waals surface area contributed by atoms with Crippen molar-refractivity contribution in [3.8, 4) is 11.1 Å². The Balaban J connectivity index is 0.936. The number of ether oxygens (including phenoxy) is 1. The maximum absolute atomic E-state index is 12.6. The van der Waals surface area contributed by atoms with E-state index in [1.54, 1.807) is 24.3 Å². The van der Waals surface area contributed by atoms with E-state index < -0.39 is 6.08 Å². The van der Waals surface area contributed by atoms with Crippen LogP contribution < -0.4 is 5.11 Å². The van der Waals surface area contributed by atoms with Crippen molar-refractivity contribution in [3.05, 3.63) is 90.0 Å². The van der Waals surface area contributed by atoms with E-state index in [1.807, 2.05) is 54.6 Å². The highest BCUT2D eigenvalue weighted by molar-refractivity contribution is 6.21. The van der Waals surface area contributed by atoms with Gasteiger partial charge in [-0.15, -0.1) is 0 Å². The van der Waals surface area contributed by atoms with E-state index in [9.17, 15) is 14.7 Å². The van der Waals surface area contributed by atoms with Gasteiger partial charge in [0.05, 0.1) is 44.0 Å². The molecule has 0 aromatic heterocycles. The number of hydrogen-bond acceptors (Lipinski definition) is 6. The Labute approximate surface area is 267 Å². The number of rotatable bonds is 14. The summed E-state index contributed by atoms with van der Waals surface area (Å²) in [5.74, 6) is -0.329. The van der Waals surface area contributed by atoms with Gasteiger partial charge in [-0.2, -0.15) is 0 Å². The molecule has 45 heavy (non-hydrogen) atoms. The molecule has 3 aromatic rings. The van der Waals surface area contributed by atoms with Crippen molar-refractivity contribution in [2.45, 2.75) is 51.0 Å². The van der Waals surface area contributed by atoms with Crippen LogP contribution in [-0.4, -0.2) is 91.6 Å². The average Bonchev–Trinajstić information content (AvgIpc) is 3.29. The Hall–Kier alpha value is -4.01. The van der Waals surface area contributed by atoms with Crippen molar-refractivity contribution < 1.29 is 23.9 Å². The van der Waals surface area contributed by atoms with Gasteiger partial charge in [-0.3, -0.25) is 14.5 Å². The summed E-state index contributed by atoms with van der Waals surface area (Å²) >= 11 is 0. The maximum atomic E-state index is 12.6. The number of fused-ring (bicyclic) bond motifs is 1. The Kier molecular flexibility index (Phi) is 11.0. The molecule has 8 heteroatoms. The molecule has 2 aliphatic rings. The van der Waals surface area contributed by atoms with Crippen LogP contribution in [0.5, 0.6) is 0 Å². The lowest BCUT2D eigenvalue weighted by Gasteiger charge is -2.36. The summed E-state index contributed by atoms with van der Waals surface area (Å²) in [4.78, 5) is 33.4. The molecule has 2 amide bonds. The third kappa shape index (κ3) is 8.80. The number of quaternary nitrogens is 1. The minimum atomic E-state index is -0.512. The Morgan fingerprint density at radius 1 is 0.756 bits per heavy atom. The van der Waals surface area contributed by atoms with Crippen LogP contribution in [0.4, 0.5) is 5.69 Å². The summed E-state index contributed by atoms with van der Waals surface area (Å²) in [5, 5.41) is 12.6. The van der Waals surface area contributed by atoms with Gasteiger partial charge >= 0.3 is 0 Å². The zero-order chi connectivity index (χ0) is 31.6. The number of likely N-dealkylation sites (tertiary alicyclic amines) is 1. The molecule has 8 nitrogen and oxygen atoms in total. The Bertz CT molecular complexity index is 1430. The van der Waals surface area contributed by atoms with Gasteiger partial charge in [0, 0.05) is 24.6 Å². The van der Waals surface area contributed by atoms with E-state index in [0.29, 0.717) is 23.4 Å². The number of nitrogens with zero attached hydrogens (tertiary/aromatic N) is 4. The standard InChI is InChI=1S/C37H46N4O4/c1-41(2,28-14-24-40-35(42)32-18-8-9-19-33(32)36(40)43)27-13-4-3-12-23-39-25-21-30(22-26-39)45-37(44)38-34-20-11-10-17-31(34)29-15-6-5-7-16-29/h5-11,15-20,30H,3-4,12-14,21-28H2,1-2H3. The summed E-state index contributed by atoms with van der Waals surface area (Å²) in [7, 11) is 4.46.